The SMILES string of the molecule is C=C(F)C(=C)N1CC(=C(Cl)CN)C1. The van der Waals surface area contributed by atoms with Crippen molar-refractivity contribution in [3.05, 3.63) is 35.3 Å². The first-order valence-electron chi connectivity index (χ1n) is 3.91. The predicted octanol–water partition coefficient (Wildman–Crippen LogP) is 1.75. The lowest BCUT2D eigenvalue weighted by molar-refractivity contribution is 0.312. The fourth-order valence-corrected chi connectivity index (χ4v) is 1.21. The molecule has 2 nitrogen and oxygen atoms in total. The van der Waals surface area contributed by atoms with Crippen LogP contribution in [0.25, 0.3) is 0 Å². The third-order valence-electron chi connectivity index (χ3n) is 2.02. The van der Waals surface area contributed by atoms with E-state index in [0.717, 1.165) is 5.57 Å². The van der Waals surface area contributed by atoms with E-state index in [1.54, 1.807) is 4.90 Å². The fraction of sp³-hybridized carbons (Fsp3) is 0.333. The first-order valence-corrected chi connectivity index (χ1v) is 4.29. The molecule has 0 radical (unpaired) electrons. The van der Waals surface area contributed by atoms with Crippen LogP contribution in [0.5, 0.6) is 0 Å². The molecule has 13 heavy (non-hydrogen) atoms. The molecule has 1 aliphatic rings. The molecular formula is C9H12ClFN2. The molecular weight excluding hydrogens is 191 g/mol. The molecule has 0 aromatic rings. The Balaban J connectivity index is 2.51. The monoisotopic (exact) mass is 202 g/mol. The van der Waals surface area contributed by atoms with Crippen LogP contribution in [0.2, 0.25) is 0 Å². The summed E-state index contributed by atoms with van der Waals surface area (Å²) in [5.74, 6) is -0.497. The van der Waals surface area contributed by atoms with Crippen LogP contribution < -0.4 is 5.73 Å². The molecule has 4 heteroatoms. The van der Waals surface area contributed by atoms with Crippen molar-refractivity contribution in [2.75, 3.05) is 19.6 Å². The number of halogens is 2. The third kappa shape index (κ3) is 2.11. The Kier molecular flexibility index (Phi) is 3.12. The van der Waals surface area contributed by atoms with E-state index < -0.39 is 5.83 Å². The molecule has 72 valence electrons. The van der Waals surface area contributed by atoms with Gasteiger partial charge in [0.2, 0.25) is 0 Å². The van der Waals surface area contributed by atoms with E-state index in [1.165, 1.54) is 0 Å². The summed E-state index contributed by atoms with van der Waals surface area (Å²) in [6, 6.07) is 0. The lowest BCUT2D eigenvalue weighted by Gasteiger charge is -2.37. The Labute approximate surface area is 82.2 Å². The highest BCUT2D eigenvalue weighted by molar-refractivity contribution is 6.30. The number of rotatable bonds is 3. The second-order valence-corrected chi connectivity index (χ2v) is 3.38. The average Bonchev–Trinajstić information content (AvgIpc) is 2.00. The first kappa shape index (κ1) is 10.3. The van der Waals surface area contributed by atoms with Gasteiger partial charge in [-0.1, -0.05) is 24.8 Å². The second kappa shape index (κ2) is 3.94. The maximum absolute atomic E-state index is 12.6. The molecule has 1 aliphatic heterocycles. The van der Waals surface area contributed by atoms with E-state index in [1.807, 2.05) is 0 Å². The number of allylic oxidation sites excluding steroid dienone is 1. The van der Waals surface area contributed by atoms with E-state index in [-0.39, 0.29) is 0 Å². The summed E-state index contributed by atoms with van der Waals surface area (Å²) in [6.45, 7) is 8.28. The van der Waals surface area contributed by atoms with Crippen molar-refractivity contribution in [1.82, 2.24) is 4.90 Å². The molecule has 0 atom stereocenters. The van der Waals surface area contributed by atoms with Crippen LogP contribution in [-0.2, 0) is 0 Å². The zero-order valence-electron chi connectivity index (χ0n) is 7.32. The molecule has 0 saturated carbocycles. The Hall–Kier alpha value is -0.800. The van der Waals surface area contributed by atoms with Crippen molar-refractivity contribution in [1.29, 1.82) is 0 Å². The summed E-state index contributed by atoms with van der Waals surface area (Å²) in [5, 5.41) is 0.661. The highest BCUT2D eigenvalue weighted by Gasteiger charge is 2.24. The molecule has 0 aliphatic carbocycles. The summed E-state index contributed by atoms with van der Waals surface area (Å²) >= 11 is 5.80. The van der Waals surface area contributed by atoms with Gasteiger partial charge in [0, 0.05) is 24.7 Å². The van der Waals surface area contributed by atoms with E-state index in [0.29, 0.717) is 30.4 Å². The molecule has 0 aromatic heterocycles. The molecule has 2 N–H and O–H groups in total. The van der Waals surface area contributed by atoms with Crippen LogP contribution in [-0.4, -0.2) is 24.5 Å². The summed E-state index contributed by atoms with van der Waals surface area (Å²) < 4.78 is 12.6. The topological polar surface area (TPSA) is 29.3 Å². The Morgan fingerprint density at radius 2 is 2.08 bits per heavy atom. The van der Waals surface area contributed by atoms with Crippen LogP contribution >= 0.6 is 11.6 Å². The van der Waals surface area contributed by atoms with Gasteiger partial charge in [-0.15, -0.1) is 0 Å². The lowest BCUT2D eigenvalue weighted by atomic mass is 10.1. The minimum atomic E-state index is -0.497. The summed E-state index contributed by atoms with van der Waals surface area (Å²) in [4.78, 5) is 1.76. The number of likely N-dealkylation sites (tertiary alicyclic amines) is 1. The zero-order valence-corrected chi connectivity index (χ0v) is 8.07. The lowest BCUT2D eigenvalue weighted by Crippen LogP contribution is -2.40. The molecule has 0 unspecified atom stereocenters. The minimum absolute atomic E-state index is 0.324. The highest BCUT2D eigenvalue weighted by Crippen LogP contribution is 2.26. The summed E-state index contributed by atoms with van der Waals surface area (Å²) in [5.41, 5.74) is 6.71. The maximum atomic E-state index is 12.6. The summed E-state index contributed by atoms with van der Waals surface area (Å²) in [6.07, 6.45) is 0. The molecule has 0 bridgehead atoms. The molecule has 0 aromatic carbocycles. The largest absolute Gasteiger partial charge is 0.361 e. The second-order valence-electron chi connectivity index (χ2n) is 2.92. The Morgan fingerprint density at radius 3 is 2.46 bits per heavy atom. The van der Waals surface area contributed by atoms with Crippen LogP contribution in [0.4, 0.5) is 4.39 Å². The van der Waals surface area contributed by atoms with Crippen LogP contribution in [0.1, 0.15) is 0 Å². The smallest absolute Gasteiger partial charge is 0.138 e. The van der Waals surface area contributed by atoms with Crippen LogP contribution in [0.15, 0.2) is 35.3 Å². The van der Waals surface area contributed by atoms with Crippen molar-refractivity contribution in [3.8, 4) is 0 Å². The van der Waals surface area contributed by atoms with Gasteiger partial charge in [0.1, 0.15) is 5.83 Å². The fourth-order valence-electron chi connectivity index (χ4n) is 1.09. The van der Waals surface area contributed by atoms with Gasteiger partial charge in [-0.3, -0.25) is 0 Å². The van der Waals surface area contributed by atoms with Gasteiger partial charge >= 0.3 is 0 Å². The van der Waals surface area contributed by atoms with Crippen molar-refractivity contribution in [3.63, 3.8) is 0 Å². The Morgan fingerprint density at radius 1 is 1.54 bits per heavy atom. The van der Waals surface area contributed by atoms with Crippen molar-refractivity contribution in [2.45, 2.75) is 0 Å². The van der Waals surface area contributed by atoms with Gasteiger partial charge in [0.25, 0.3) is 0 Å². The summed E-state index contributed by atoms with van der Waals surface area (Å²) in [7, 11) is 0. The number of nitrogens with zero attached hydrogens (tertiary/aromatic N) is 1. The van der Waals surface area contributed by atoms with Crippen LogP contribution in [0.3, 0.4) is 0 Å². The van der Waals surface area contributed by atoms with Gasteiger partial charge in [0.05, 0.1) is 5.70 Å². The van der Waals surface area contributed by atoms with Gasteiger partial charge in [-0.05, 0) is 5.57 Å². The van der Waals surface area contributed by atoms with E-state index in [2.05, 4.69) is 13.2 Å². The molecule has 0 spiro atoms. The standard InChI is InChI=1S/C9H12ClFN2/c1-6(11)7(2)13-4-8(5-13)9(10)3-12/h1-5,12H2. The van der Waals surface area contributed by atoms with E-state index >= 15 is 0 Å². The molecule has 1 fully saturated rings. The first-order chi connectivity index (χ1) is 6.06. The molecule has 1 saturated heterocycles. The normalized spacial score (nSPS) is 15.3. The number of hydrogen-bond donors (Lipinski definition) is 1. The Bertz CT molecular complexity index is 275. The van der Waals surface area contributed by atoms with Crippen molar-refractivity contribution < 1.29 is 4.39 Å². The van der Waals surface area contributed by atoms with Gasteiger partial charge < -0.3 is 10.6 Å². The minimum Gasteiger partial charge on any atom is -0.361 e. The van der Waals surface area contributed by atoms with E-state index in [4.69, 9.17) is 17.3 Å². The number of hydrogen-bond acceptors (Lipinski definition) is 2. The molecule has 1 heterocycles. The van der Waals surface area contributed by atoms with Crippen molar-refractivity contribution >= 4 is 11.6 Å². The van der Waals surface area contributed by atoms with Gasteiger partial charge in [-0.25, -0.2) is 4.39 Å². The third-order valence-corrected chi connectivity index (χ3v) is 2.44. The van der Waals surface area contributed by atoms with E-state index in [9.17, 15) is 4.39 Å². The van der Waals surface area contributed by atoms with Gasteiger partial charge in [-0.2, -0.15) is 0 Å². The predicted molar refractivity (Wildman–Crippen MR) is 52.9 cm³/mol. The maximum Gasteiger partial charge on any atom is 0.138 e. The quantitative estimate of drug-likeness (QED) is 0.707. The highest BCUT2D eigenvalue weighted by atomic mass is 35.5. The zero-order chi connectivity index (χ0) is 10.0. The molecule has 0 amide bonds. The number of nitrogens with two attached hydrogens (primary N) is 1. The van der Waals surface area contributed by atoms with Crippen LogP contribution in [0, 0.1) is 0 Å². The van der Waals surface area contributed by atoms with Gasteiger partial charge in [0.15, 0.2) is 0 Å². The van der Waals surface area contributed by atoms with Crippen molar-refractivity contribution in [2.24, 2.45) is 5.73 Å². The molecule has 1 rings (SSSR count). The average molecular weight is 203 g/mol.